The molecule has 1 aromatic rings. The van der Waals surface area contributed by atoms with Gasteiger partial charge < -0.3 is 10.8 Å². The van der Waals surface area contributed by atoms with Gasteiger partial charge in [0.2, 0.25) is 0 Å². The number of hydrogen-bond donors (Lipinski definition) is 2. The number of nitrogens with two attached hydrogens (primary N) is 1. The number of rotatable bonds is 2. The molecule has 0 aliphatic heterocycles. The van der Waals surface area contributed by atoms with Gasteiger partial charge in [-0.2, -0.15) is 0 Å². The highest BCUT2D eigenvalue weighted by Crippen LogP contribution is 2.32. The number of benzene rings is 1. The maximum absolute atomic E-state index is 12.8. The average molecular weight is 252 g/mol. The van der Waals surface area contributed by atoms with E-state index in [-0.39, 0.29) is 15.8 Å². The van der Waals surface area contributed by atoms with Crippen LogP contribution in [0.2, 0.25) is 0 Å². The summed E-state index contributed by atoms with van der Waals surface area (Å²) in [6.45, 7) is -0.844. The number of aromatic hydroxyl groups is 1. The Morgan fingerprint density at radius 2 is 2.15 bits per heavy atom. The van der Waals surface area contributed by atoms with E-state index in [2.05, 4.69) is 15.9 Å². The van der Waals surface area contributed by atoms with Gasteiger partial charge in [0.1, 0.15) is 18.2 Å². The number of phenols is 1. The molecule has 1 rings (SSSR count). The first-order valence-corrected chi connectivity index (χ1v) is 4.35. The van der Waals surface area contributed by atoms with E-state index >= 15 is 0 Å². The zero-order valence-electron chi connectivity index (χ0n) is 6.60. The number of alkyl halides is 1. The molecule has 0 fully saturated rings. The summed E-state index contributed by atoms with van der Waals surface area (Å²) in [5.41, 5.74) is 5.37. The summed E-state index contributed by atoms with van der Waals surface area (Å²) in [5.74, 6) is -0.782. The Labute approximate surface area is 82.5 Å². The molecular formula is C8H8BrF2NO. The van der Waals surface area contributed by atoms with E-state index in [0.717, 1.165) is 12.1 Å². The predicted molar refractivity (Wildman–Crippen MR) is 48.7 cm³/mol. The lowest BCUT2D eigenvalue weighted by molar-refractivity contribution is 0.411. The minimum Gasteiger partial charge on any atom is -0.506 e. The van der Waals surface area contributed by atoms with Crippen molar-refractivity contribution in [3.63, 3.8) is 0 Å². The summed E-state index contributed by atoms with van der Waals surface area (Å²) < 4.78 is 25.1. The van der Waals surface area contributed by atoms with Crippen LogP contribution in [0.4, 0.5) is 8.78 Å². The van der Waals surface area contributed by atoms with Crippen molar-refractivity contribution in [3.05, 3.63) is 28.0 Å². The van der Waals surface area contributed by atoms with Crippen LogP contribution in [0.15, 0.2) is 16.6 Å². The van der Waals surface area contributed by atoms with Crippen LogP contribution < -0.4 is 5.73 Å². The smallest absolute Gasteiger partial charge is 0.134 e. The van der Waals surface area contributed by atoms with E-state index in [1.807, 2.05) is 0 Å². The molecule has 0 aromatic heterocycles. The second-order valence-corrected chi connectivity index (χ2v) is 3.44. The molecule has 0 radical (unpaired) electrons. The first-order chi connectivity index (χ1) is 6.06. The molecule has 0 amide bonds. The summed E-state index contributed by atoms with van der Waals surface area (Å²) in [6, 6.07) is 1.11. The Kier molecular flexibility index (Phi) is 3.22. The summed E-state index contributed by atoms with van der Waals surface area (Å²) >= 11 is 2.93. The maximum atomic E-state index is 12.8. The zero-order valence-corrected chi connectivity index (χ0v) is 8.18. The summed E-state index contributed by atoms with van der Waals surface area (Å²) in [5, 5.41) is 9.36. The first-order valence-electron chi connectivity index (χ1n) is 3.55. The van der Waals surface area contributed by atoms with E-state index < -0.39 is 18.5 Å². The average Bonchev–Trinajstić information content (AvgIpc) is 2.10. The van der Waals surface area contributed by atoms with Gasteiger partial charge in [-0.25, -0.2) is 8.78 Å². The molecule has 3 N–H and O–H groups in total. The number of halogens is 3. The van der Waals surface area contributed by atoms with Crippen molar-refractivity contribution in [3.8, 4) is 5.75 Å². The van der Waals surface area contributed by atoms with Crippen molar-refractivity contribution in [2.75, 3.05) is 6.67 Å². The monoisotopic (exact) mass is 251 g/mol. The van der Waals surface area contributed by atoms with Crippen LogP contribution in [0.3, 0.4) is 0 Å². The molecule has 2 nitrogen and oxygen atoms in total. The van der Waals surface area contributed by atoms with Gasteiger partial charge in [-0.05, 0) is 28.1 Å². The molecule has 72 valence electrons. The van der Waals surface area contributed by atoms with Gasteiger partial charge in [0.25, 0.3) is 0 Å². The summed E-state index contributed by atoms with van der Waals surface area (Å²) in [7, 11) is 0. The summed E-state index contributed by atoms with van der Waals surface area (Å²) in [6.07, 6.45) is 0. The largest absolute Gasteiger partial charge is 0.506 e. The van der Waals surface area contributed by atoms with Crippen molar-refractivity contribution in [1.29, 1.82) is 0 Å². The molecular weight excluding hydrogens is 244 g/mol. The van der Waals surface area contributed by atoms with E-state index in [0.29, 0.717) is 0 Å². The minimum atomic E-state index is -0.994. The fraction of sp³-hybridized carbons (Fsp3) is 0.250. The third-order valence-corrected chi connectivity index (χ3v) is 2.23. The second kappa shape index (κ2) is 4.02. The summed E-state index contributed by atoms with van der Waals surface area (Å²) in [4.78, 5) is 0. The minimum absolute atomic E-state index is 0.0642. The lowest BCUT2D eigenvalue weighted by Crippen LogP contribution is -2.12. The molecule has 5 heteroatoms. The lowest BCUT2D eigenvalue weighted by Gasteiger charge is -2.10. The highest BCUT2D eigenvalue weighted by Gasteiger charge is 2.14. The van der Waals surface area contributed by atoms with Crippen molar-refractivity contribution in [2.24, 2.45) is 5.73 Å². The van der Waals surface area contributed by atoms with Crippen LogP contribution in [-0.4, -0.2) is 11.8 Å². The highest BCUT2D eigenvalue weighted by atomic mass is 79.9. The topological polar surface area (TPSA) is 46.2 Å². The van der Waals surface area contributed by atoms with E-state index in [9.17, 15) is 13.9 Å². The third-order valence-electron chi connectivity index (χ3n) is 1.62. The molecule has 0 bridgehead atoms. The van der Waals surface area contributed by atoms with Gasteiger partial charge in [-0.15, -0.1) is 0 Å². The van der Waals surface area contributed by atoms with E-state index in [1.54, 1.807) is 0 Å². The van der Waals surface area contributed by atoms with Crippen LogP contribution >= 0.6 is 15.9 Å². The zero-order chi connectivity index (χ0) is 10.0. The Balaban J connectivity index is 3.20. The SMILES string of the molecule is N[C@@H](CF)c1cc(F)cc(Br)c1O. The Morgan fingerprint density at radius 3 is 2.69 bits per heavy atom. The lowest BCUT2D eigenvalue weighted by atomic mass is 10.1. The molecule has 0 spiro atoms. The van der Waals surface area contributed by atoms with Gasteiger partial charge in [0.05, 0.1) is 10.5 Å². The quantitative estimate of drug-likeness (QED) is 0.847. The van der Waals surface area contributed by atoms with Gasteiger partial charge in [-0.1, -0.05) is 0 Å². The van der Waals surface area contributed by atoms with Crippen LogP contribution in [0, 0.1) is 5.82 Å². The van der Waals surface area contributed by atoms with Crippen LogP contribution in [0.1, 0.15) is 11.6 Å². The van der Waals surface area contributed by atoms with Crippen molar-refractivity contribution in [2.45, 2.75) is 6.04 Å². The molecule has 13 heavy (non-hydrogen) atoms. The van der Waals surface area contributed by atoms with Crippen LogP contribution in [-0.2, 0) is 0 Å². The van der Waals surface area contributed by atoms with Crippen molar-refractivity contribution in [1.82, 2.24) is 0 Å². The molecule has 0 saturated carbocycles. The third kappa shape index (κ3) is 2.16. The maximum Gasteiger partial charge on any atom is 0.134 e. The van der Waals surface area contributed by atoms with Gasteiger partial charge in [0, 0.05) is 5.56 Å². The van der Waals surface area contributed by atoms with Crippen LogP contribution in [0.5, 0.6) is 5.75 Å². The van der Waals surface area contributed by atoms with E-state index in [4.69, 9.17) is 5.73 Å². The fourth-order valence-electron chi connectivity index (χ4n) is 0.952. The molecule has 0 aliphatic rings. The highest BCUT2D eigenvalue weighted by molar-refractivity contribution is 9.10. The second-order valence-electron chi connectivity index (χ2n) is 2.59. The Morgan fingerprint density at radius 1 is 1.54 bits per heavy atom. The molecule has 0 heterocycles. The molecule has 0 unspecified atom stereocenters. The standard InChI is InChI=1S/C8H8BrF2NO/c9-6-2-4(11)1-5(8(6)13)7(12)3-10/h1-2,7,13H,3,12H2/t7-/m0/s1. The molecule has 1 atom stereocenters. The van der Waals surface area contributed by atoms with Gasteiger partial charge in [-0.3, -0.25) is 0 Å². The van der Waals surface area contributed by atoms with E-state index in [1.165, 1.54) is 0 Å². The van der Waals surface area contributed by atoms with Crippen molar-refractivity contribution < 1.29 is 13.9 Å². The van der Waals surface area contributed by atoms with Crippen molar-refractivity contribution >= 4 is 15.9 Å². The Bertz CT molecular complexity index is 319. The predicted octanol–water partition coefficient (Wildman–Crippen LogP) is 2.26. The van der Waals surface area contributed by atoms with Gasteiger partial charge >= 0.3 is 0 Å². The first kappa shape index (κ1) is 10.4. The number of hydrogen-bond acceptors (Lipinski definition) is 2. The van der Waals surface area contributed by atoms with Crippen LogP contribution in [0.25, 0.3) is 0 Å². The Hall–Kier alpha value is -0.680. The molecule has 0 saturated heterocycles. The normalized spacial score (nSPS) is 12.9. The number of phenolic OH excluding ortho intramolecular Hbond substituents is 1. The molecule has 0 aliphatic carbocycles. The fourth-order valence-corrected chi connectivity index (χ4v) is 1.40. The molecule has 1 aromatic carbocycles. The van der Waals surface area contributed by atoms with Gasteiger partial charge in [0.15, 0.2) is 0 Å².